The molecule has 130 valence electrons. The Morgan fingerprint density at radius 3 is 2.12 bits per heavy atom. The second kappa shape index (κ2) is 4.84. The van der Waals surface area contributed by atoms with Gasteiger partial charge in [0.15, 0.2) is 0 Å². The predicted octanol–water partition coefficient (Wildman–Crippen LogP) is 1.73. The van der Waals surface area contributed by atoms with E-state index >= 15 is 0 Å². The summed E-state index contributed by atoms with van der Waals surface area (Å²) in [5.74, 6) is -2.04. The van der Waals surface area contributed by atoms with Gasteiger partial charge in [0.05, 0.1) is 23.9 Å². The number of hydrogen-bond donors (Lipinski definition) is 1. The van der Waals surface area contributed by atoms with Crippen LogP contribution in [0.15, 0.2) is 28.7 Å². The third-order valence-electron chi connectivity index (χ3n) is 6.55. The van der Waals surface area contributed by atoms with E-state index in [0.29, 0.717) is 12.1 Å². The van der Waals surface area contributed by atoms with Gasteiger partial charge in [-0.3, -0.25) is 14.5 Å². The summed E-state index contributed by atoms with van der Waals surface area (Å²) < 4.78 is 1.02. The molecule has 0 radical (unpaired) electrons. The summed E-state index contributed by atoms with van der Waals surface area (Å²) in [5, 5.41) is 9.20. The molecule has 5 rings (SSSR count). The lowest BCUT2D eigenvalue weighted by molar-refractivity contribution is -0.154. The van der Waals surface area contributed by atoms with E-state index in [-0.39, 0.29) is 35.5 Å². The maximum absolute atomic E-state index is 12.8. The third kappa shape index (κ3) is 1.82. The van der Waals surface area contributed by atoms with Crippen LogP contribution in [0.25, 0.3) is 0 Å². The van der Waals surface area contributed by atoms with Crippen molar-refractivity contribution < 1.29 is 19.5 Å². The van der Waals surface area contributed by atoms with Gasteiger partial charge in [-0.15, -0.1) is 0 Å². The highest BCUT2D eigenvalue weighted by Crippen LogP contribution is 2.66. The molecule has 2 aliphatic heterocycles. The Hall–Kier alpha value is -1.89. The number of amides is 2. The molecule has 2 aliphatic carbocycles. The first kappa shape index (κ1) is 15.4. The minimum absolute atomic E-state index is 0.158. The molecule has 2 saturated carbocycles. The normalized spacial score (nSPS) is 38.8. The molecule has 2 saturated heterocycles. The Morgan fingerprint density at radius 2 is 1.64 bits per heavy atom. The zero-order valence-corrected chi connectivity index (χ0v) is 15.1. The fourth-order valence-corrected chi connectivity index (χ4v) is 5.85. The number of anilines is 1. The van der Waals surface area contributed by atoms with Crippen LogP contribution in [0, 0.1) is 23.7 Å². The number of carboxylic acid groups (broad SMARTS) is 1. The average molecular weight is 405 g/mol. The van der Waals surface area contributed by atoms with Gasteiger partial charge in [-0.25, -0.2) is 4.79 Å². The summed E-state index contributed by atoms with van der Waals surface area (Å²) in [5.41, 5.74) is 1.13. The Morgan fingerprint density at radius 1 is 1.12 bits per heavy atom. The number of carbonyl (C=O) groups excluding carboxylic acids is 2. The summed E-state index contributed by atoms with van der Waals surface area (Å²) in [6.07, 6.45) is 0.907. The zero-order chi connectivity index (χ0) is 17.6. The topological polar surface area (TPSA) is 77.7 Å². The van der Waals surface area contributed by atoms with Crippen LogP contribution in [-0.2, 0) is 14.4 Å². The summed E-state index contributed by atoms with van der Waals surface area (Å²) in [6.45, 7) is 1.41. The second-order valence-electron chi connectivity index (χ2n) is 7.54. The summed E-state index contributed by atoms with van der Waals surface area (Å²) in [4.78, 5) is 40.2. The van der Waals surface area contributed by atoms with Gasteiger partial charge in [0.2, 0.25) is 11.8 Å². The molecule has 1 aromatic carbocycles. The van der Waals surface area contributed by atoms with Crippen molar-refractivity contribution >= 4 is 39.4 Å². The van der Waals surface area contributed by atoms with Crippen molar-refractivity contribution in [2.24, 2.45) is 23.7 Å². The lowest BCUT2D eigenvalue weighted by Gasteiger charge is -2.23. The SMILES string of the molecule is C[C@H](C(=O)O)N1C(=O)[C@@H]2[C@H]3C[C@@H]([C@@H]2C1=O)[C@@H]1[C@@H]3N1c1ccc(Br)cc1. The number of imide groups is 1. The molecule has 1 N–H and O–H groups in total. The quantitative estimate of drug-likeness (QED) is 0.612. The molecule has 7 heteroatoms. The number of piperidine rings is 1. The number of likely N-dealkylation sites (tertiary alicyclic amines) is 1. The van der Waals surface area contributed by atoms with E-state index in [0.717, 1.165) is 21.5 Å². The summed E-state index contributed by atoms with van der Waals surface area (Å²) in [6, 6.07) is 7.65. The van der Waals surface area contributed by atoms with E-state index < -0.39 is 12.0 Å². The molecule has 2 amide bonds. The number of nitrogens with zero attached hydrogens (tertiary/aromatic N) is 2. The molecule has 1 aromatic rings. The lowest BCUT2D eigenvalue weighted by Crippen LogP contribution is -2.44. The zero-order valence-electron chi connectivity index (χ0n) is 13.5. The van der Waals surface area contributed by atoms with E-state index in [9.17, 15) is 19.5 Å². The van der Waals surface area contributed by atoms with E-state index in [4.69, 9.17) is 0 Å². The molecule has 2 bridgehead atoms. The van der Waals surface area contributed by atoms with Crippen LogP contribution in [0.5, 0.6) is 0 Å². The van der Waals surface area contributed by atoms with Gasteiger partial charge in [0, 0.05) is 10.2 Å². The Balaban J connectivity index is 1.44. The molecular weight excluding hydrogens is 388 g/mol. The van der Waals surface area contributed by atoms with Crippen LogP contribution in [0.4, 0.5) is 5.69 Å². The second-order valence-corrected chi connectivity index (χ2v) is 8.46. The molecule has 4 fully saturated rings. The molecular formula is C18H17BrN2O4. The van der Waals surface area contributed by atoms with E-state index in [2.05, 4.69) is 33.0 Å². The highest BCUT2D eigenvalue weighted by Gasteiger charge is 2.76. The number of carboxylic acids is 1. The van der Waals surface area contributed by atoms with Crippen molar-refractivity contribution in [2.45, 2.75) is 31.5 Å². The van der Waals surface area contributed by atoms with Gasteiger partial charge in [0.25, 0.3) is 0 Å². The van der Waals surface area contributed by atoms with E-state index in [1.54, 1.807) is 0 Å². The van der Waals surface area contributed by atoms with Gasteiger partial charge >= 0.3 is 5.97 Å². The standard InChI is InChI=1S/C18H17BrN2O4/c1-7(18(24)25)20-16(22)12-10-6-11(13(12)17(20)23)15-14(10)21(15)9-4-2-8(19)3-5-9/h2-5,7,10-15H,6H2,1H3,(H,24,25)/t7-,10-,11+,12-,13+,14-,15-,21?/m1/s1. The van der Waals surface area contributed by atoms with Crippen molar-refractivity contribution in [3.05, 3.63) is 28.7 Å². The van der Waals surface area contributed by atoms with Crippen molar-refractivity contribution in [3.63, 3.8) is 0 Å². The van der Waals surface area contributed by atoms with Crippen molar-refractivity contribution in [1.82, 2.24) is 4.90 Å². The number of benzene rings is 1. The van der Waals surface area contributed by atoms with Crippen LogP contribution in [0.3, 0.4) is 0 Å². The maximum atomic E-state index is 12.8. The summed E-state index contributed by atoms with van der Waals surface area (Å²) in [7, 11) is 0. The molecule has 0 spiro atoms. The van der Waals surface area contributed by atoms with E-state index in [1.807, 2.05) is 12.1 Å². The number of rotatable bonds is 3. The average Bonchev–Trinajstić information content (AvgIpc) is 2.91. The van der Waals surface area contributed by atoms with Crippen LogP contribution in [-0.4, -0.2) is 45.9 Å². The predicted molar refractivity (Wildman–Crippen MR) is 91.7 cm³/mol. The molecule has 7 atom stereocenters. The Labute approximate surface area is 152 Å². The molecule has 0 aromatic heterocycles. The Bertz CT molecular complexity index is 776. The van der Waals surface area contributed by atoms with Crippen LogP contribution in [0.1, 0.15) is 13.3 Å². The molecule has 0 unspecified atom stereocenters. The van der Waals surface area contributed by atoms with Crippen LogP contribution >= 0.6 is 15.9 Å². The van der Waals surface area contributed by atoms with Crippen molar-refractivity contribution in [1.29, 1.82) is 0 Å². The van der Waals surface area contributed by atoms with Crippen molar-refractivity contribution in [3.8, 4) is 0 Å². The van der Waals surface area contributed by atoms with Gasteiger partial charge in [-0.1, -0.05) is 15.9 Å². The van der Waals surface area contributed by atoms with Gasteiger partial charge in [-0.2, -0.15) is 0 Å². The van der Waals surface area contributed by atoms with Crippen molar-refractivity contribution in [2.75, 3.05) is 4.90 Å². The fraction of sp³-hybridized carbons (Fsp3) is 0.500. The van der Waals surface area contributed by atoms with Crippen LogP contribution < -0.4 is 4.90 Å². The third-order valence-corrected chi connectivity index (χ3v) is 7.08. The fourth-order valence-electron chi connectivity index (χ4n) is 5.58. The monoisotopic (exact) mass is 404 g/mol. The highest BCUT2D eigenvalue weighted by atomic mass is 79.9. The molecule has 2 heterocycles. The van der Waals surface area contributed by atoms with Gasteiger partial charge < -0.3 is 10.0 Å². The number of aliphatic carboxylic acids is 1. The van der Waals surface area contributed by atoms with Crippen LogP contribution in [0.2, 0.25) is 0 Å². The first-order valence-corrected chi connectivity index (χ1v) is 9.34. The minimum Gasteiger partial charge on any atom is -0.480 e. The molecule has 25 heavy (non-hydrogen) atoms. The van der Waals surface area contributed by atoms with Gasteiger partial charge in [-0.05, 0) is 49.4 Å². The summed E-state index contributed by atoms with van der Waals surface area (Å²) >= 11 is 3.44. The first-order chi connectivity index (χ1) is 11.9. The Kier molecular flexibility index (Phi) is 2.98. The van der Waals surface area contributed by atoms with E-state index in [1.165, 1.54) is 6.92 Å². The van der Waals surface area contributed by atoms with Gasteiger partial charge in [0.1, 0.15) is 6.04 Å². The molecule has 4 aliphatic rings. The lowest BCUT2D eigenvalue weighted by atomic mass is 9.81. The first-order valence-electron chi connectivity index (χ1n) is 8.55. The minimum atomic E-state index is -1.13. The smallest absolute Gasteiger partial charge is 0.326 e. The number of fused-ring (bicyclic) bond motifs is 8. The molecule has 6 nitrogen and oxygen atoms in total. The maximum Gasteiger partial charge on any atom is 0.326 e. The highest BCUT2D eigenvalue weighted by molar-refractivity contribution is 9.10. The number of hydrogen-bond acceptors (Lipinski definition) is 4. The number of carbonyl (C=O) groups is 3. The largest absolute Gasteiger partial charge is 0.480 e. The number of halogens is 1.